The molecule has 17 heavy (non-hydrogen) atoms. The first-order valence-corrected chi connectivity index (χ1v) is 6.40. The third kappa shape index (κ3) is 2.65. The van der Waals surface area contributed by atoms with Crippen molar-refractivity contribution >= 4 is 11.4 Å². The fraction of sp³-hybridized carbons (Fsp3) is 0.571. The summed E-state index contributed by atoms with van der Waals surface area (Å²) in [5, 5.41) is 0. The molecule has 0 aromatic heterocycles. The van der Waals surface area contributed by atoms with Crippen molar-refractivity contribution in [3.8, 4) is 5.75 Å². The average Bonchev–Trinajstić information content (AvgIpc) is 2.57. The second-order valence-electron chi connectivity index (χ2n) is 5.04. The molecule has 1 aliphatic rings. The van der Waals surface area contributed by atoms with Crippen LogP contribution in [0.5, 0.6) is 5.75 Å². The van der Waals surface area contributed by atoms with Gasteiger partial charge in [0, 0.05) is 36.1 Å². The molecule has 0 amide bonds. The van der Waals surface area contributed by atoms with Gasteiger partial charge in [0.15, 0.2) is 0 Å². The second kappa shape index (κ2) is 4.86. The summed E-state index contributed by atoms with van der Waals surface area (Å²) in [5.41, 5.74) is 7.89. The van der Waals surface area contributed by atoms with Gasteiger partial charge in [0.2, 0.25) is 0 Å². The molecule has 1 aromatic rings. The van der Waals surface area contributed by atoms with Crippen LogP contribution in [0.3, 0.4) is 0 Å². The Bertz CT molecular complexity index is 392. The van der Waals surface area contributed by atoms with Crippen LogP contribution in [0.25, 0.3) is 0 Å². The highest BCUT2D eigenvalue weighted by Crippen LogP contribution is 2.32. The number of hydrogen-bond donors (Lipinski definition) is 1. The number of nitrogens with two attached hydrogens (primary N) is 1. The van der Waals surface area contributed by atoms with Gasteiger partial charge < -0.3 is 15.4 Å². The summed E-state index contributed by atoms with van der Waals surface area (Å²) in [4.78, 5) is 2.42. The minimum Gasteiger partial charge on any atom is -0.494 e. The van der Waals surface area contributed by atoms with Gasteiger partial charge in [-0.05, 0) is 32.3 Å². The van der Waals surface area contributed by atoms with E-state index in [2.05, 4.69) is 24.8 Å². The number of hydrogen-bond acceptors (Lipinski definition) is 3. The number of anilines is 2. The van der Waals surface area contributed by atoms with Crippen molar-refractivity contribution < 1.29 is 4.74 Å². The highest BCUT2D eigenvalue weighted by molar-refractivity contribution is 5.61. The van der Waals surface area contributed by atoms with Gasteiger partial charge in [-0.2, -0.15) is 0 Å². The van der Waals surface area contributed by atoms with Crippen LogP contribution in [0.1, 0.15) is 27.2 Å². The molecule has 0 bridgehead atoms. The number of nitrogen functional groups attached to an aromatic ring is 1. The lowest BCUT2D eigenvalue weighted by Crippen LogP contribution is -2.26. The van der Waals surface area contributed by atoms with Crippen molar-refractivity contribution in [2.75, 3.05) is 23.8 Å². The number of benzene rings is 1. The number of rotatable bonds is 3. The molecule has 0 spiro atoms. The number of ether oxygens (including phenoxy) is 1. The first kappa shape index (κ1) is 12.1. The summed E-state index contributed by atoms with van der Waals surface area (Å²) < 4.78 is 5.54. The van der Waals surface area contributed by atoms with E-state index in [9.17, 15) is 0 Å². The van der Waals surface area contributed by atoms with Crippen molar-refractivity contribution in [2.24, 2.45) is 5.92 Å². The molecule has 2 rings (SSSR count). The molecule has 1 fully saturated rings. The molecule has 1 aliphatic heterocycles. The summed E-state index contributed by atoms with van der Waals surface area (Å²) in [6.45, 7) is 8.34. The maximum Gasteiger partial charge on any atom is 0.123 e. The zero-order chi connectivity index (χ0) is 12.4. The molecule has 0 radical (unpaired) electrons. The summed E-state index contributed by atoms with van der Waals surface area (Å²) in [6, 6.07) is 6.60. The fourth-order valence-electron chi connectivity index (χ4n) is 2.68. The highest BCUT2D eigenvalue weighted by Gasteiger charge is 2.26. The monoisotopic (exact) mass is 234 g/mol. The lowest BCUT2D eigenvalue weighted by Gasteiger charge is -2.24. The van der Waals surface area contributed by atoms with E-state index in [0.29, 0.717) is 12.6 Å². The largest absolute Gasteiger partial charge is 0.494 e. The van der Waals surface area contributed by atoms with Crippen LogP contribution in [-0.4, -0.2) is 19.2 Å². The van der Waals surface area contributed by atoms with Gasteiger partial charge in [-0.3, -0.25) is 0 Å². The Morgan fingerprint density at radius 2 is 2.12 bits per heavy atom. The fourth-order valence-corrected chi connectivity index (χ4v) is 2.68. The van der Waals surface area contributed by atoms with Gasteiger partial charge in [-0.15, -0.1) is 0 Å². The minimum absolute atomic E-state index is 0.585. The van der Waals surface area contributed by atoms with Gasteiger partial charge >= 0.3 is 0 Å². The van der Waals surface area contributed by atoms with Gasteiger partial charge in [-0.25, -0.2) is 0 Å². The molecule has 1 aromatic carbocycles. The van der Waals surface area contributed by atoms with Crippen molar-refractivity contribution in [1.29, 1.82) is 0 Å². The van der Waals surface area contributed by atoms with Gasteiger partial charge in [0.1, 0.15) is 5.75 Å². The lowest BCUT2D eigenvalue weighted by molar-refractivity contribution is 0.340. The quantitative estimate of drug-likeness (QED) is 0.817. The smallest absolute Gasteiger partial charge is 0.123 e. The normalized spacial score (nSPS) is 24.1. The molecule has 3 nitrogen and oxygen atoms in total. The Hall–Kier alpha value is -1.38. The van der Waals surface area contributed by atoms with E-state index in [4.69, 9.17) is 10.5 Å². The van der Waals surface area contributed by atoms with E-state index in [1.807, 2.05) is 19.1 Å². The molecule has 94 valence electrons. The maximum atomic E-state index is 5.93. The lowest BCUT2D eigenvalue weighted by atomic mass is 10.1. The standard InChI is InChI=1S/C14H22N2O/c1-4-17-14-7-12(15)6-13(8-14)16-9-10(2)5-11(16)3/h6-8,10-11H,4-5,9,15H2,1-3H3. The first-order valence-electron chi connectivity index (χ1n) is 6.40. The van der Waals surface area contributed by atoms with E-state index >= 15 is 0 Å². The van der Waals surface area contributed by atoms with E-state index < -0.39 is 0 Å². The van der Waals surface area contributed by atoms with Crippen LogP contribution < -0.4 is 15.4 Å². The molecular formula is C14H22N2O. The number of nitrogens with zero attached hydrogens (tertiary/aromatic N) is 1. The van der Waals surface area contributed by atoms with Crippen molar-refractivity contribution in [2.45, 2.75) is 33.2 Å². The first-order chi connectivity index (χ1) is 8.10. The molecule has 0 saturated carbocycles. The SMILES string of the molecule is CCOc1cc(N)cc(N2CC(C)CC2C)c1. The summed E-state index contributed by atoms with van der Waals surface area (Å²) in [5.74, 6) is 1.62. The molecule has 3 heteroatoms. The molecule has 2 atom stereocenters. The van der Waals surface area contributed by atoms with Crippen LogP contribution in [0.4, 0.5) is 11.4 Å². The second-order valence-corrected chi connectivity index (χ2v) is 5.04. The van der Waals surface area contributed by atoms with E-state index in [1.54, 1.807) is 0 Å². The predicted octanol–water partition coefficient (Wildman–Crippen LogP) is 2.90. The van der Waals surface area contributed by atoms with E-state index in [0.717, 1.165) is 23.9 Å². The van der Waals surface area contributed by atoms with Crippen LogP contribution >= 0.6 is 0 Å². The van der Waals surface area contributed by atoms with Gasteiger partial charge in [-0.1, -0.05) is 6.92 Å². The zero-order valence-electron chi connectivity index (χ0n) is 10.9. The Kier molecular flexibility index (Phi) is 3.46. The Morgan fingerprint density at radius 3 is 2.71 bits per heavy atom. The minimum atomic E-state index is 0.585. The molecule has 2 N–H and O–H groups in total. The highest BCUT2D eigenvalue weighted by atomic mass is 16.5. The Balaban J connectivity index is 2.25. The zero-order valence-corrected chi connectivity index (χ0v) is 10.9. The van der Waals surface area contributed by atoms with Crippen LogP contribution in [-0.2, 0) is 0 Å². The van der Waals surface area contributed by atoms with E-state index in [-0.39, 0.29) is 0 Å². The van der Waals surface area contributed by atoms with E-state index in [1.165, 1.54) is 12.1 Å². The van der Waals surface area contributed by atoms with Crippen molar-refractivity contribution in [1.82, 2.24) is 0 Å². The van der Waals surface area contributed by atoms with Crippen LogP contribution in [0.15, 0.2) is 18.2 Å². The molecule has 1 saturated heterocycles. The van der Waals surface area contributed by atoms with Gasteiger partial charge in [0.05, 0.1) is 6.61 Å². The Morgan fingerprint density at radius 1 is 1.35 bits per heavy atom. The molecular weight excluding hydrogens is 212 g/mol. The summed E-state index contributed by atoms with van der Waals surface area (Å²) in [7, 11) is 0. The van der Waals surface area contributed by atoms with Crippen LogP contribution in [0, 0.1) is 5.92 Å². The third-order valence-electron chi connectivity index (χ3n) is 3.34. The summed E-state index contributed by atoms with van der Waals surface area (Å²) >= 11 is 0. The summed E-state index contributed by atoms with van der Waals surface area (Å²) in [6.07, 6.45) is 1.25. The third-order valence-corrected chi connectivity index (χ3v) is 3.34. The van der Waals surface area contributed by atoms with Crippen LogP contribution in [0.2, 0.25) is 0 Å². The van der Waals surface area contributed by atoms with Crippen molar-refractivity contribution in [3.63, 3.8) is 0 Å². The maximum absolute atomic E-state index is 5.93. The van der Waals surface area contributed by atoms with Crippen molar-refractivity contribution in [3.05, 3.63) is 18.2 Å². The molecule has 2 unspecified atom stereocenters. The molecule has 0 aliphatic carbocycles. The predicted molar refractivity (Wildman–Crippen MR) is 72.6 cm³/mol. The molecule has 1 heterocycles. The van der Waals surface area contributed by atoms with Gasteiger partial charge in [0.25, 0.3) is 0 Å². The Labute approximate surface area is 104 Å². The average molecular weight is 234 g/mol. The topological polar surface area (TPSA) is 38.5 Å².